The van der Waals surface area contributed by atoms with E-state index in [4.69, 9.17) is 15.5 Å². The van der Waals surface area contributed by atoms with Crippen LogP contribution in [0.5, 0.6) is 0 Å². The van der Waals surface area contributed by atoms with Crippen LogP contribution in [0.2, 0.25) is 0 Å². The van der Waals surface area contributed by atoms with Crippen LogP contribution in [-0.2, 0) is 4.74 Å². The topological polar surface area (TPSA) is 97.7 Å². The largest absolute Gasteiger partial charge is 0.376 e. The summed E-state index contributed by atoms with van der Waals surface area (Å²) in [5.41, 5.74) is 6.33. The number of aliphatic imine (C=N–C) groups is 1. The average molecular weight is 370 g/mol. The molecule has 1 aliphatic carbocycles. The van der Waals surface area contributed by atoms with E-state index in [9.17, 15) is 0 Å². The van der Waals surface area contributed by atoms with Crippen molar-refractivity contribution >= 4 is 11.9 Å². The Balaban J connectivity index is 1.38. The highest BCUT2D eigenvalue weighted by atomic mass is 16.5. The van der Waals surface area contributed by atoms with Crippen LogP contribution < -0.4 is 10.6 Å². The Morgan fingerprint density at radius 3 is 2.63 bits per heavy atom. The monoisotopic (exact) mass is 370 g/mol. The van der Waals surface area contributed by atoms with Gasteiger partial charge in [0.1, 0.15) is 6.04 Å². The maximum atomic E-state index is 6.33. The molecule has 3 atom stereocenters. The number of aromatic nitrogens is 4. The maximum Gasteiger partial charge on any atom is 0.225 e. The molecule has 144 valence electrons. The van der Waals surface area contributed by atoms with Crippen LogP contribution in [0.4, 0.5) is 5.95 Å². The van der Waals surface area contributed by atoms with Crippen LogP contribution in [0.3, 0.4) is 0 Å². The standard InChI is InChI=1S/C18H26N8O/c1-2-27-15-13-14(16(15)26-8-4-7-22-26)23-17(19)24-9-11-25(12-10-24)18-20-5-3-6-21-18/h3-8,14-16H,2,9-13H2,1H3,(H2,19,23). The number of nitrogens with two attached hydrogens (primary N) is 1. The molecular formula is C18H26N8O. The molecule has 1 saturated heterocycles. The molecular weight excluding hydrogens is 344 g/mol. The summed E-state index contributed by atoms with van der Waals surface area (Å²) in [5, 5.41) is 4.38. The van der Waals surface area contributed by atoms with Crippen molar-refractivity contribution in [1.82, 2.24) is 24.6 Å². The average Bonchev–Trinajstić information content (AvgIpc) is 3.21. The Morgan fingerprint density at radius 2 is 1.96 bits per heavy atom. The smallest absolute Gasteiger partial charge is 0.225 e. The Bertz CT molecular complexity index is 742. The molecule has 0 bridgehead atoms. The molecule has 27 heavy (non-hydrogen) atoms. The van der Waals surface area contributed by atoms with E-state index in [0.29, 0.717) is 12.6 Å². The number of ether oxygens (including phenoxy) is 1. The number of anilines is 1. The summed E-state index contributed by atoms with van der Waals surface area (Å²) >= 11 is 0. The van der Waals surface area contributed by atoms with Gasteiger partial charge in [-0.15, -0.1) is 0 Å². The molecule has 4 rings (SSSR count). The van der Waals surface area contributed by atoms with Gasteiger partial charge in [-0.25, -0.2) is 15.0 Å². The molecule has 9 heteroatoms. The van der Waals surface area contributed by atoms with Crippen LogP contribution in [0.25, 0.3) is 0 Å². The first-order valence-electron chi connectivity index (χ1n) is 9.47. The zero-order valence-corrected chi connectivity index (χ0v) is 15.6. The molecule has 0 aromatic carbocycles. The van der Waals surface area contributed by atoms with Gasteiger partial charge in [0, 0.05) is 64.0 Å². The minimum absolute atomic E-state index is 0.0944. The van der Waals surface area contributed by atoms with Crippen molar-refractivity contribution in [2.45, 2.75) is 31.5 Å². The Hall–Kier alpha value is -2.68. The summed E-state index contributed by atoms with van der Waals surface area (Å²) in [4.78, 5) is 17.7. The van der Waals surface area contributed by atoms with Crippen LogP contribution in [0.1, 0.15) is 19.4 Å². The first-order chi connectivity index (χ1) is 13.3. The molecule has 1 aliphatic heterocycles. The van der Waals surface area contributed by atoms with Gasteiger partial charge >= 0.3 is 0 Å². The fraction of sp³-hybridized carbons (Fsp3) is 0.556. The lowest BCUT2D eigenvalue weighted by molar-refractivity contribution is -0.0507. The van der Waals surface area contributed by atoms with E-state index in [1.54, 1.807) is 18.6 Å². The number of hydrogen-bond acceptors (Lipinski definition) is 6. The molecule has 2 aromatic heterocycles. The minimum atomic E-state index is 0.0944. The van der Waals surface area contributed by atoms with E-state index in [2.05, 4.69) is 24.9 Å². The third kappa shape index (κ3) is 3.73. The van der Waals surface area contributed by atoms with Gasteiger partial charge in [0.2, 0.25) is 5.95 Å². The third-order valence-corrected chi connectivity index (χ3v) is 5.20. The molecule has 0 radical (unpaired) electrons. The van der Waals surface area contributed by atoms with Gasteiger partial charge in [0.25, 0.3) is 0 Å². The van der Waals surface area contributed by atoms with Crippen molar-refractivity contribution in [1.29, 1.82) is 0 Å². The molecule has 1 saturated carbocycles. The van der Waals surface area contributed by atoms with Gasteiger partial charge in [-0.05, 0) is 19.1 Å². The van der Waals surface area contributed by atoms with Crippen LogP contribution in [-0.4, -0.2) is 75.5 Å². The molecule has 9 nitrogen and oxygen atoms in total. The van der Waals surface area contributed by atoms with Gasteiger partial charge < -0.3 is 20.3 Å². The molecule has 3 unspecified atom stereocenters. The van der Waals surface area contributed by atoms with E-state index in [1.807, 2.05) is 29.9 Å². The molecule has 2 aliphatic rings. The Kier molecular flexibility index (Phi) is 5.19. The van der Waals surface area contributed by atoms with Gasteiger partial charge in [0.15, 0.2) is 5.96 Å². The van der Waals surface area contributed by atoms with Crippen molar-refractivity contribution in [3.63, 3.8) is 0 Å². The summed E-state index contributed by atoms with van der Waals surface area (Å²) in [6.45, 7) is 5.98. The fourth-order valence-corrected chi connectivity index (χ4v) is 3.72. The number of nitrogens with zero attached hydrogens (tertiary/aromatic N) is 7. The van der Waals surface area contributed by atoms with Crippen LogP contribution >= 0.6 is 0 Å². The predicted molar refractivity (Wildman–Crippen MR) is 103 cm³/mol. The van der Waals surface area contributed by atoms with E-state index in [0.717, 1.165) is 38.5 Å². The Labute approximate surface area is 158 Å². The molecule has 2 N–H and O–H groups in total. The first-order valence-corrected chi connectivity index (χ1v) is 9.47. The van der Waals surface area contributed by atoms with Crippen molar-refractivity contribution in [2.24, 2.45) is 10.7 Å². The van der Waals surface area contributed by atoms with Crippen molar-refractivity contribution < 1.29 is 4.74 Å². The summed E-state index contributed by atoms with van der Waals surface area (Å²) in [6.07, 6.45) is 8.31. The summed E-state index contributed by atoms with van der Waals surface area (Å²) < 4.78 is 7.77. The van der Waals surface area contributed by atoms with E-state index < -0.39 is 0 Å². The zero-order valence-electron chi connectivity index (χ0n) is 15.6. The summed E-state index contributed by atoms with van der Waals surface area (Å²) in [5.74, 6) is 1.37. The molecule has 2 fully saturated rings. The van der Waals surface area contributed by atoms with Gasteiger partial charge in [-0.2, -0.15) is 5.10 Å². The molecule has 0 amide bonds. The summed E-state index contributed by atoms with van der Waals surface area (Å²) in [7, 11) is 0. The highest BCUT2D eigenvalue weighted by molar-refractivity contribution is 5.78. The normalized spacial score (nSPS) is 26.1. The highest BCUT2D eigenvalue weighted by Crippen LogP contribution is 2.37. The van der Waals surface area contributed by atoms with Crippen LogP contribution in [0, 0.1) is 0 Å². The number of hydrogen-bond donors (Lipinski definition) is 1. The van der Waals surface area contributed by atoms with Crippen molar-refractivity contribution in [3.05, 3.63) is 36.9 Å². The first kappa shape index (κ1) is 17.7. The number of rotatable bonds is 5. The van der Waals surface area contributed by atoms with Gasteiger partial charge in [-0.3, -0.25) is 4.68 Å². The van der Waals surface area contributed by atoms with E-state index in [-0.39, 0.29) is 18.2 Å². The highest BCUT2D eigenvalue weighted by Gasteiger charge is 2.44. The summed E-state index contributed by atoms with van der Waals surface area (Å²) in [6, 6.07) is 3.96. The Morgan fingerprint density at radius 1 is 1.19 bits per heavy atom. The SMILES string of the molecule is CCOC1CC(N=C(N)N2CCN(c3ncccn3)CC2)C1n1cccn1. The quantitative estimate of drug-likeness (QED) is 0.605. The van der Waals surface area contributed by atoms with Gasteiger partial charge in [0.05, 0.1) is 12.1 Å². The second-order valence-corrected chi connectivity index (χ2v) is 6.78. The van der Waals surface area contributed by atoms with Crippen LogP contribution in [0.15, 0.2) is 41.9 Å². The molecule has 0 spiro atoms. The lowest BCUT2D eigenvalue weighted by Gasteiger charge is -2.43. The predicted octanol–water partition coefficient (Wildman–Crippen LogP) is 0.529. The lowest BCUT2D eigenvalue weighted by atomic mass is 9.83. The van der Waals surface area contributed by atoms with Gasteiger partial charge in [-0.1, -0.05) is 0 Å². The minimum Gasteiger partial charge on any atom is -0.376 e. The lowest BCUT2D eigenvalue weighted by Crippen LogP contribution is -2.53. The maximum absolute atomic E-state index is 6.33. The second-order valence-electron chi connectivity index (χ2n) is 6.78. The molecule has 2 aromatic rings. The van der Waals surface area contributed by atoms with E-state index in [1.165, 1.54) is 0 Å². The number of piperazine rings is 1. The fourth-order valence-electron chi connectivity index (χ4n) is 3.72. The third-order valence-electron chi connectivity index (χ3n) is 5.20. The van der Waals surface area contributed by atoms with Crippen molar-refractivity contribution in [3.8, 4) is 0 Å². The zero-order chi connectivity index (χ0) is 18.6. The number of guanidine groups is 1. The van der Waals surface area contributed by atoms with E-state index >= 15 is 0 Å². The van der Waals surface area contributed by atoms with Crippen molar-refractivity contribution in [2.75, 3.05) is 37.7 Å². The second kappa shape index (κ2) is 7.91. The molecule has 3 heterocycles.